The lowest BCUT2D eigenvalue weighted by atomic mass is 9.92. The van der Waals surface area contributed by atoms with Gasteiger partial charge in [0.2, 0.25) is 18.1 Å². The molecule has 2 amide bonds. The molecule has 34 heavy (non-hydrogen) atoms. The molecule has 1 saturated carbocycles. The van der Waals surface area contributed by atoms with Gasteiger partial charge in [-0.05, 0) is 26.3 Å². The maximum absolute atomic E-state index is 15.2. The molecule has 3 N–H and O–H groups in total. The molecule has 190 valence electrons. The van der Waals surface area contributed by atoms with Gasteiger partial charge in [-0.3, -0.25) is 25.6 Å². The summed E-state index contributed by atoms with van der Waals surface area (Å²) < 4.78 is 42.1. The first kappa shape index (κ1) is 25.9. The lowest BCUT2D eigenvalue weighted by Gasteiger charge is -2.38. The van der Waals surface area contributed by atoms with Crippen LogP contribution < -0.4 is 15.8 Å². The van der Waals surface area contributed by atoms with Crippen LogP contribution in [-0.4, -0.2) is 76.7 Å². The van der Waals surface area contributed by atoms with Crippen LogP contribution in [0.4, 0.5) is 24.8 Å². The quantitative estimate of drug-likeness (QED) is 0.262. The fourth-order valence-electron chi connectivity index (χ4n) is 4.49. The van der Waals surface area contributed by atoms with Crippen molar-refractivity contribution in [3.05, 3.63) is 11.6 Å². The molecule has 0 radical (unpaired) electrons. The van der Waals surface area contributed by atoms with Crippen LogP contribution in [0.15, 0.2) is 0 Å². The van der Waals surface area contributed by atoms with Crippen LogP contribution in [0.5, 0.6) is 0 Å². The molecule has 2 atom stereocenters. The van der Waals surface area contributed by atoms with E-state index in [0.717, 1.165) is 25.7 Å². The number of hydrogen-bond donors (Lipinski definition) is 3. The number of amides is 2. The number of alkyl halides is 2. The molecule has 1 saturated heterocycles. The van der Waals surface area contributed by atoms with Gasteiger partial charge >= 0.3 is 0 Å². The van der Waals surface area contributed by atoms with Crippen molar-refractivity contribution in [2.45, 2.75) is 51.5 Å². The second kappa shape index (κ2) is 11.6. The Bertz CT molecular complexity index is 857. The molecule has 1 aromatic rings. The Balaban J connectivity index is 1.76. The summed E-state index contributed by atoms with van der Waals surface area (Å²) in [6.07, 6.45) is 1.56. The third kappa shape index (κ3) is 6.47. The number of likely N-dealkylation sites (N-methyl/N-ethyl adjacent to an activating group) is 1. The second-order valence-electron chi connectivity index (χ2n) is 9.07. The number of hydrazine groups is 1. The Morgan fingerprint density at radius 2 is 2.00 bits per heavy atom. The Morgan fingerprint density at radius 3 is 2.62 bits per heavy atom. The van der Waals surface area contributed by atoms with Crippen LogP contribution in [0.1, 0.15) is 51.3 Å². The largest absolute Gasteiger partial charge is 0.351 e. The van der Waals surface area contributed by atoms with E-state index in [1.807, 2.05) is 14.0 Å². The van der Waals surface area contributed by atoms with E-state index in [1.165, 1.54) is 0 Å². The molecule has 0 bridgehead atoms. The van der Waals surface area contributed by atoms with E-state index in [2.05, 4.69) is 25.7 Å². The van der Waals surface area contributed by atoms with E-state index in [4.69, 9.17) is 0 Å². The van der Waals surface area contributed by atoms with E-state index in [9.17, 15) is 23.6 Å². The number of carbonyl (C=O) groups excluding carboxylic acids is 2. The Morgan fingerprint density at radius 1 is 1.29 bits per heavy atom. The number of nitrogens with one attached hydrogen (secondary N) is 2. The summed E-state index contributed by atoms with van der Waals surface area (Å²) in [6, 6.07) is 0.0600. The highest BCUT2D eigenvalue weighted by Gasteiger charge is 2.30. The van der Waals surface area contributed by atoms with Gasteiger partial charge < -0.3 is 9.80 Å². The van der Waals surface area contributed by atoms with Crippen LogP contribution in [0, 0.1) is 17.7 Å². The van der Waals surface area contributed by atoms with Crippen molar-refractivity contribution in [3.8, 4) is 0 Å². The molecular formula is C21H32F3N7O3. The molecular weight excluding hydrogens is 455 g/mol. The van der Waals surface area contributed by atoms with Crippen molar-refractivity contribution in [1.82, 2.24) is 25.4 Å². The van der Waals surface area contributed by atoms with Crippen LogP contribution in [0.25, 0.3) is 0 Å². The SMILES string of the molecule is C[C@H]1CN(c2nc(C(F)F)nc(NNC(=O)[C@@H](CC3CCCC3)CN(O)C=O)c2F)CCN1C. The van der Waals surface area contributed by atoms with Gasteiger partial charge in [-0.25, -0.2) is 23.8 Å². The number of aromatic nitrogens is 2. The molecule has 3 rings (SSSR count). The summed E-state index contributed by atoms with van der Waals surface area (Å²) in [5.41, 5.74) is 4.63. The molecule has 0 spiro atoms. The summed E-state index contributed by atoms with van der Waals surface area (Å²) >= 11 is 0. The number of halogens is 3. The summed E-state index contributed by atoms with van der Waals surface area (Å²) in [7, 11) is 1.92. The topological polar surface area (TPSA) is 114 Å². The monoisotopic (exact) mass is 487 g/mol. The van der Waals surface area contributed by atoms with Gasteiger partial charge in [0.05, 0.1) is 12.5 Å². The van der Waals surface area contributed by atoms with Gasteiger partial charge in [0.25, 0.3) is 6.43 Å². The maximum Gasteiger partial charge on any atom is 0.297 e. The Kier molecular flexibility index (Phi) is 8.89. The van der Waals surface area contributed by atoms with Gasteiger partial charge in [0.1, 0.15) is 0 Å². The van der Waals surface area contributed by atoms with Gasteiger partial charge in [-0.2, -0.15) is 4.39 Å². The molecule has 10 nitrogen and oxygen atoms in total. The molecule has 2 heterocycles. The number of anilines is 2. The lowest BCUT2D eigenvalue weighted by molar-refractivity contribution is -0.154. The molecule has 2 aliphatic rings. The zero-order valence-electron chi connectivity index (χ0n) is 19.4. The average molecular weight is 488 g/mol. The standard InChI is InChI=1S/C21H32F3N7O3/c1-13-10-30(8-7-29(13)2)20-16(22)18(25-19(26-20)17(23)24)27-28-21(33)15(11-31(34)12-32)9-14-5-3-4-6-14/h12-15,17,34H,3-11H2,1-2H3,(H,28,33)(H,25,26,27)/t13-,15-/m0/s1. The van der Waals surface area contributed by atoms with E-state index in [0.29, 0.717) is 31.1 Å². The van der Waals surface area contributed by atoms with Crippen LogP contribution in [0.2, 0.25) is 0 Å². The summed E-state index contributed by atoms with van der Waals surface area (Å²) in [5.74, 6) is -3.76. The first-order chi connectivity index (χ1) is 16.2. The Hall–Kier alpha value is -2.67. The van der Waals surface area contributed by atoms with Gasteiger partial charge in [0, 0.05) is 25.7 Å². The zero-order valence-corrected chi connectivity index (χ0v) is 19.4. The molecule has 0 unspecified atom stereocenters. The second-order valence-corrected chi connectivity index (χ2v) is 9.07. The highest BCUT2D eigenvalue weighted by atomic mass is 19.3. The highest BCUT2D eigenvalue weighted by Crippen LogP contribution is 2.31. The molecule has 0 aromatic carbocycles. The minimum Gasteiger partial charge on any atom is -0.351 e. The van der Waals surface area contributed by atoms with E-state index >= 15 is 4.39 Å². The number of nitrogens with zero attached hydrogens (tertiary/aromatic N) is 5. The van der Waals surface area contributed by atoms with Gasteiger partial charge in [-0.1, -0.05) is 25.7 Å². The number of rotatable bonds is 10. The van der Waals surface area contributed by atoms with Crippen molar-refractivity contribution >= 4 is 24.0 Å². The molecule has 1 aromatic heterocycles. The molecule has 1 aliphatic heterocycles. The van der Waals surface area contributed by atoms with Crippen molar-refractivity contribution in [1.29, 1.82) is 0 Å². The van der Waals surface area contributed by atoms with E-state index in [-0.39, 0.29) is 30.7 Å². The van der Waals surface area contributed by atoms with Crippen LogP contribution >= 0.6 is 0 Å². The van der Waals surface area contributed by atoms with Gasteiger partial charge in [-0.15, -0.1) is 0 Å². The number of hydrogen-bond acceptors (Lipinski definition) is 8. The maximum atomic E-state index is 15.2. The van der Waals surface area contributed by atoms with Crippen LogP contribution in [0.3, 0.4) is 0 Å². The third-order valence-corrected chi connectivity index (χ3v) is 6.60. The number of carbonyl (C=O) groups is 2. The predicted octanol–water partition coefficient (Wildman–Crippen LogP) is 2.18. The zero-order chi connectivity index (χ0) is 24.8. The van der Waals surface area contributed by atoms with Crippen molar-refractivity contribution in [2.75, 3.05) is 43.6 Å². The van der Waals surface area contributed by atoms with Crippen LogP contribution in [-0.2, 0) is 9.59 Å². The van der Waals surface area contributed by atoms with Crippen molar-refractivity contribution < 1.29 is 28.0 Å². The van der Waals surface area contributed by atoms with E-state index in [1.54, 1.807) is 4.90 Å². The fourth-order valence-corrected chi connectivity index (χ4v) is 4.49. The first-order valence-corrected chi connectivity index (χ1v) is 11.5. The summed E-state index contributed by atoms with van der Waals surface area (Å²) in [5, 5.41) is 9.97. The number of piperazine rings is 1. The minimum atomic E-state index is -3.04. The molecule has 2 fully saturated rings. The fraction of sp³-hybridized carbons (Fsp3) is 0.714. The van der Waals surface area contributed by atoms with Crippen molar-refractivity contribution in [2.24, 2.45) is 11.8 Å². The Labute approximate surface area is 196 Å². The smallest absolute Gasteiger partial charge is 0.297 e. The normalized spacial score (nSPS) is 20.4. The van der Waals surface area contributed by atoms with Crippen molar-refractivity contribution in [3.63, 3.8) is 0 Å². The highest BCUT2D eigenvalue weighted by molar-refractivity contribution is 5.80. The third-order valence-electron chi connectivity index (χ3n) is 6.60. The predicted molar refractivity (Wildman–Crippen MR) is 118 cm³/mol. The average Bonchev–Trinajstić information content (AvgIpc) is 3.32. The first-order valence-electron chi connectivity index (χ1n) is 11.5. The summed E-state index contributed by atoms with van der Waals surface area (Å²) in [6.45, 7) is 3.08. The molecule has 13 heteroatoms. The minimum absolute atomic E-state index is 0.0600. The lowest BCUT2D eigenvalue weighted by Crippen LogP contribution is -2.50. The van der Waals surface area contributed by atoms with Gasteiger partial charge in [0.15, 0.2) is 17.5 Å². The molecule has 1 aliphatic carbocycles. The number of hydroxylamine groups is 2. The van der Waals surface area contributed by atoms with E-state index < -0.39 is 35.7 Å². The summed E-state index contributed by atoms with van der Waals surface area (Å²) in [4.78, 5) is 34.6.